The summed E-state index contributed by atoms with van der Waals surface area (Å²) in [6.07, 6.45) is 2.38. The molecule has 5 heteroatoms. The van der Waals surface area contributed by atoms with E-state index in [2.05, 4.69) is 25.9 Å². The van der Waals surface area contributed by atoms with Crippen molar-refractivity contribution in [2.45, 2.75) is 18.8 Å². The van der Waals surface area contributed by atoms with Crippen LogP contribution >= 0.6 is 27.3 Å². The van der Waals surface area contributed by atoms with Crippen LogP contribution in [-0.4, -0.2) is 9.97 Å². The molecule has 0 aliphatic heterocycles. The number of halogens is 1. The number of aromatic nitrogens is 2. The van der Waals surface area contributed by atoms with Gasteiger partial charge in [-0.2, -0.15) is 0 Å². The number of anilines is 1. The molecule has 1 fully saturated rings. The molecule has 1 aliphatic rings. The molecule has 0 bridgehead atoms. The van der Waals surface area contributed by atoms with E-state index in [1.807, 2.05) is 17.5 Å². The molecule has 0 unspecified atom stereocenters. The maximum absolute atomic E-state index is 5.82. The van der Waals surface area contributed by atoms with E-state index in [4.69, 9.17) is 5.73 Å². The highest BCUT2D eigenvalue weighted by atomic mass is 79.9. The van der Waals surface area contributed by atoms with Crippen molar-refractivity contribution < 1.29 is 0 Å². The zero-order valence-corrected chi connectivity index (χ0v) is 10.9. The molecule has 0 atom stereocenters. The molecule has 2 aromatic rings. The van der Waals surface area contributed by atoms with Gasteiger partial charge in [0.2, 0.25) is 0 Å². The second kappa shape index (κ2) is 3.82. The van der Waals surface area contributed by atoms with Gasteiger partial charge in [-0.3, -0.25) is 0 Å². The third kappa shape index (κ3) is 1.85. The normalized spacial score (nSPS) is 15.3. The molecular formula is C11H10BrN3S. The van der Waals surface area contributed by atoms with Crippen molar-refractivity contribution in [3.63, 3.8) is 0 Å². The van der Waals surface area contributed by atoms with Crippen molar-refractivity contribution >= 4 is 33.1 Å². The van der Waals surface area contributed by atoms with Crippen molar-refractivity contribution in [1.82, 2.24) is 9.97 Å². The highest BCUT2D eigenvalue weighted by molar-refractivity contribution is 9.10. The lowest BCUT2D eigenvalue weighted by molar-refractivity contribution is 0.937. The number of rotatable bonds is 2. The zero-order valence-electron chi connectivity index (χ0n) is 8.48. The Balaban J connectivity index is 2.10. The summed E-state index contributed by atoms with van der Waals surface area (Å²) in [4.78, 5) is 10.0. The van der Waals surface area contributed by atoms with Crippen LogP contribution in [0.2, 0.25) is 0 Å². The predicted octanol–water partition coefficient (Wildman–Crippen LogP) is 3.43. The van der Waals surface area contributed by atoms with Crippen molar-refractivity contribution in [2.75, 3.05) is 5.73 Å². The second-order valence-corrected chi connectivity index (χ2v) is 5.68. The molecule has 0 radical (unpaired) electrons. The minimum atomic E-state index is 0.529. The van der Waals surface area contributed by atoms with Gasteiger partial charge in [-0.05, 0) is 40.2 Å². The van der Waals surface area contributed by atoms with Crippen LogP contribution in [0.3, 0.4) is 0 Å². The molecule has 2 heterocycles. The Morgan fingerprint density at radius 1 is 1.38 bits per heavy atom. The van der Waals surface area contributed by atoms with Crippen LogP contribution in [-0.2, 0) is 0 Å². The van der Waals surface area contributed by atoms with Crippen molar-refractivity contribution in [2.24, 2.45) is 0 Å². The molecule has 1 aliphatic carbocycles. The van der Waals surface area contributed by atoms with Gasteiger partial charge in [0.15, 0.2) is 0 Å². The van der Waals surface area contributed by atoms with E-state index in [-0.39, 0.29) is 0 Å². The lowest BCUT2D eigenvalue weighted by Gasteiger charge is -2.03. The molecule has 82 valence electrons. The van der Waals surface area contributed by atoms with E-state index < -0.39 is 0 Å². The quantitative estimate of drug-likeness (QED) is 0.923. The van der Waals surface area contributed by atoms with Crippen molar-refractivity contribution in [3.05, 3.63) is 27.8 Å². The van der Waals surface area contributed by atoms with Crippen LogP contribution in [0.1, 0.15) is 24.6 Å². The molecule has 0 saturated heterocycles. The van der Waals surface area contributed by atoms with Crippen LogP contribution in [0.5, 0.6) is 0 Å². The maximum atomic E-state index is 5.82. The molecule has 0 amide bonds. The van der Waals surface area contributed by atoms with Gasteiger partial charge in [-0.1, -0.05) is 0 Å². The molecule has 3 nitrogen and oxygen atoms in total. The summed E-state index contributed by atoms with van der Waals surface area (Å²) in [5.74, 6) is 1.99. The Hall–Kier alpha value is -0.940. The van der Waals surface area contributed by atoms with E-state index in [0.717, 1.165) is 20.9 Å². The zero-order chi connectivity index (χ0) is 11.1. The minimum Gasteiger partial charge on any atom is -0.384 e. The summed E-state index contributed by atoms with van der Waals surface area (Å²) in [6, 6.07) is 3.86. The van der Waals surface area contributed by atoms with Gasteiger partial charge in [0.1, 0.15) is 11.6 Å². The average molecular weight is 296 g/mol. The third-order valence-corrected chi connectivity index (χ3v) is 4.42. The Morgan fingerprint density at radius 3 is 2.81 bits per heavy atom. The predicted molar refractivity (Wildman–Crippen MR) is 69.4 cm³/mol. The topological polar surface area (TPSA) is 51.8 Å². The highest BCUT2D eigenvalue weighted by Gasteiger charge is 2.27. The molecule has 16 heavy (non-hydrogen) atoms. The summed E-state index contributed by atoms with van der Waals surface area (Å²) in [6.45, 7) is 0. The molecular weight excluding hydrogens is 286 g/mol. The fraction of sp³-hybridized carbons (Fsp3) is 0.273. The second-order valence-electron chi connectivity index (χ2n) is 3.91. The molecule has 3 rings (SSSR count). The van der Waals surface area contributed by atoms with Crippen molar-refractivity contribution in [1.29, 1.82) is 0 Å². The smallest absolute Gasteiger partial charge is 0.134 e. The highest BCUT2D eigenvalue weighted by Crippen LogP contribution is 2.40. The Labute approximate surface area is 106 Å². The third-order valence-electron chi connectivity index (χ3n) is 2.56. The number of thiophene rings is 1. The summed E-state index contributed by atoms with van der Waals surface area (Å²) in [5.41, 5.74) is 6.75. The van der Waals surface area contributed by atoms with E-state index in [1.54, 1.807) is 11.3 Å². The molecule has 0 spiro atoms. The summed E-state index contributed by atoms with van der Waals surface area (Å²) in [7, 11) is 0. The molecule has 2 N–H and O–H groups in total. The van der Waals surface area contributed by atoms with Gasteiger partial charge in [0.05, 0.1) is 10.6 Å². The van der Waals surface area contributed by atoms with Crippen LogP contribution < -0.4 is 5.73 Å². The van der Waals surface area contributed by atoms with Crippen LogP contribution in [0.25, 0.3) is 10.6 Å². The molecule has 0 aromatic carbocycles. The largest absolute Gasteiger partial charge is 0.384 e. The summed E-state index contributed by atoms with van der Waals surface area (Å²) in [5, 5.41) is 2.04. The Bertz CT molecular complexity index is 534. The van der Waals surface area contributed by atoms with Gasteiger partial charge >= 0.3 is 0 Å². The monoisotopic (exact) mass is 295 g/mol. The van der Waals surface area contributed by atoms with E-state index in [1.165, 1.54) is 12.8 Å². The van der Waals surface area contributed by atoms with Gasteiger partial charge < -0.3 is 5.73 Å². The van der Waals surface area contributed by atoms with Crippen molar-refractivity contribution in [3.8, 4) is 10.6 Å². The number of nitrogen functional groups attached to an aromatic ring is 1. The van der Waals surface area contributed by atoms with E-state index in [9.17, 15) is 0 Å². The Morgan fingerprint density at radius 2 is 2.19 bits per heavy atom. The van der Waals surface area contributed by atoms with Crippen LogP contribution in [0, 0.1) is 0 Å². The number of nitrogens with zero attached hydrogens (tertiary/aromatic N) is 2. The van der Waals surface area contributed by atoms with Crippen LogP contribution in [0.4, 0.5) is 5.82 Å². The number of nitrogens with two attached hydrogens (primary N) is 1. The fourth-order valence-corrected chi connectivity index (χ4v) is 3.14. The summed E-state index contributed by atoms with van der Waals surface area (Å²) >= 11 is 5.17. The first-order valence-corrected chi connectivity index (χ1v) is 6.79. The number of hydrogen-bond acceptors (Lipinski definition) is 4. The lowest BCUT2D eigenvalue weighted by atomic mass is 10.3. The van der Waals surface area contributed by atoms with Gasteiger partial charge in [-0.25, -0.2) is 9.97 Å². The minimum absolute atomic E-state index is 0.529. The molecule has 1 saturated carbocycles. The Kier molecular flexibility index (Phi) is 2.44. The van der Waals surface area contributed by atoms with Crippen LogP contribution in [0.15, 0.2) is 22.0 Å². The maximum Gasteiger partial charge on any atom is 0.134 e. The van der Waals surface area contributed by atoms with Gasteiger partial charge in [0.25, 0.3) is 0 Å². The first-order chi connectivity index (χ1) is 7.74. The number of hydrogen-bond donors (Lipinski definition) is 1. The van der Waals surface area contributed by atoms with E-state index >= 15 is 0 Å². The fourth-order valence-electron chi connectivity index (χ4n) is 1.60. The lowest BCUT2D eigenvalue weighted by Crippen LogP contribution is -1.99. The molecule has 2 aromatic heterocycles. The standard InChI is InChI=1S/C11H10BrN3S/c12-7-3-4-16-10(7)8-5-9(13)15-11(14-8)6-1-2-6/h3-6H,1-2H2,(H2,13,14,15). The summed E-state index contributed by atoms with van der Waals surface area (Å²) < 4.78 is 1.07. The first-order valence-electron chi connectivity index (χ1n) is 5.12. The average Bonchev–Trinajstić information content (AvgIpc) is 3.01. The first kappa shape index (κ1) is 10.2. The SMILES string of the molecule is Nc1cc(-c2sccc2Br)nc(C2CC2)n1. The van der Waals surface area contributed by atoms with Gasteiger partial charge in [0, 0.05) is 16.5 Å². The van der Waals surface area contributed by atoms with E-state index in [0.29, 0.717) is 11.7 Å². The van der Waals surface area contributed by atoms with Gasteiger partial charge in [-0.15, -0.1) is 11.3 Å².